The maximum Gasteiger partial charge on any atom is 0.231 e. The van der Waals surface area contributed by atoms with Gasteiger partial charge in [-0.25, -0.2) is 10.3 Å². The Kier molecular flexibility index (Phi) is 2.61. The normalized spacial score (nSPS) is 13.0. The van der Waals surface area contributed by atoms with Crippen molar-refractivity contribution in [1.82, 2.24) is 0 Å². The highest BCUT2D eigenvalue weighted by Gasteiger charge is 2.25. The summed E-state index contributed by atoms with van der Waals surface area (Å²) in [5.74, 6) is 5.23. The number of rotatable bonds is 3. The standard InChI is InChI=1S/C9H10FNO4/c1-12-8-5(3-15-11)9-7(2-6(8)10)13-4-14-9/h2H,3-4,11H2,1H3. The average molecular weight is 215 g/mol. The van der Waals surface area contributed by atoms with Crippen molar-refractivity contribution in [1.29, 1.82) is 0 Å². The zero-order valence-corrected chi connectivity index (χ0v) is 8.08. The number of hydrogen-bond acceptors (Lipinski definition) is 5. The molecule has 1 heterocycles. The molecule has 0 radical (unpaired) electrons. The van der Waals surface area contributed by atoms with E-state index in [1.807, 2.05) is 0 Å². The van der Waals surface area contributed by atoms with Crippen LogP contribution in [-0.4, -0.2) is 13.9 Å². The van der Waals surface area contributed by atoms with E-state index >= 15 is 0 Å². The molecule has 0 atom stereocenters. The van der Waals surface area contributed by atoms with Gasteiger partial charge in [-0.1, -0.05) is 0 Å². The largest absolute Gasteiger partial charge is 0.493 e. The van der Waals surface area contributed by atoms with Crippen LogP contribution < -0.4 is 20.1 Å². The molecule has 0 spiro atoms. The zero-order chi connectivity index (χ0) is 10.8. The molecule has 0 fully saturated rings. The van der Waals surface area contributed by atoms with Crippen LogP contribution in [0.5, 0.6) is 17.2 Å². The highest BCUT2D eigenvalue weighted by molar-refractivity contribution is 5.55. The molecule has 0 bridgehead atoms. The lowest BCUT2D eigenvalue weighted by atomic mass is 10.1. The molecule has 6 heteroatoms. The van der Waals surface area contributed by atoms with Crippen molar-refractivity contribution in [2.24, 2.45) is 5.90 Å². The molecule has 1 aliphatic heterocycles. The summed E-state index contributed by atoms with van der Waals surface area (Å²) in [5.41, 5.74) is 0.410. The Morgan fingerprint density at radius 1 is 1.53 bits per heavy atom. The number of fused-ring (bicyclic) bond motifs is 1. The minimum absolute atomic E-state index is 0.00731. The van der Waals surface area contributed by atoms with Gasteiger partial charge in [0.25, 0.3) is 0 Å². The molecule has 0 aromatic heterocycles. The van der Waals surface area contributed by atoms with Crippen LogP contribution in [0.1, 0.15) is 5.56 Å². The summed E-state index contributed by atoms with van der Waals surface area (Å²) in [4.78, 5) is 4.47. The molecule has 1 aromatic carbocycles. The average Bonchev–Trinajstić information content (AvgIpc) is 2.66. The molecular weight excluding hydrogens is 205 g/mol. The summed E-state index contributed by atoms with van der Waals surface area (Å²) in [6.07, 6.45) is 0. The number of ether oxygens (including phenoxy) is 3. The van der Waals surface area contributed by atoms with Gasteiger partial charge in [-0.05, 0) is 0 Å². The molecule has 2 rings (SSSR count). The van der Waals surface area contributed by atoms with E-state index in [4.69, 9.17) is 20.1 Å². The van der Waals surface area contributed by atoms with Crippen molar-refractivity contribution in [3.8, 4) is 17.2 Å². The molecule has 2 N–H and O–H groups in total. The van der Waals surface area contributed by atoms with Gasteiger partial charge in [-0.3, -0.25) is 4.84 Å². The number of halogens is 1. The van der Waals surface area contributed by atoms with Crippen LogP contribution >= 0.6 is 0 Å². The van der Waals surface area contributed by atoms with Crippen LogP contribution in [0.4, 0.5) is 4.39 Å². The Morgan fingerprint density at radius 3 is 3.00 bits per heavy atom. The molecule has 82 valence electrons. The topological polar surface area (TPSA) is 62.9 Å². The summed E-state index contributed by atoms with van der Waals surface area (Å²) >= 11 is 0. The van der Waals surface area contributed by atoms with Crippen LogP contribution in [-0.2, 0) is 11.4 Å². The van der Waals surface area contributed by atoms with Gasteiger partial charge in [-0.2, -0.15) is 0 Å². The van der Waals surface area contributed by atoms with Gasteiger partial charge >= 0.3 is 0 Å². The Morgan fingerprint density at radius 2 is 2.33 bits per heavy atom. The molecule has 15 heavy (non-hydrogen) atoms. The van der Waals surface area contributed by atoms with E-state index in [9.17, 15) is 4.39 Å². The smallest absolute Gasteiger partial charge is 0.231 e. The van der Waals surface area contributed by atoms with Gasteiger partial charge in [0, 0.05) is 6.07 Å². The summed E-state index contributed by atoms with van der Waals surface area (Å²) in [6.45, 7) is 0.0478. The first-order valence-corrected chi connectivity index (χ1v) is 4.24. The first-order valence-electron chi connectivity index (χ1n) is 4.24. The Bertz CT molecular complexity index is 379. The Hall–Kier alpha value is -1.53. The molecule has 5 nitrogen and oxygen atoms in total. The lowest BCUT2D eigenvalue weighted by Gasteiger charge is -2.10. The van der Waals surface area contributed by atoms with Gasteiger partial charge in [0.1, 0.15) is 6.61 Å². The predicted octanol–water partition coefficient (Wildman–Crippen LogP) is 0.953. The van der Waals surface area contributed by atoms with Crippen LogP contribution in [0.3, 0.4) is 0 Å². The van der Waals surface area contributed by atoms with Crippen molar-refractivity contribution in [3.63, 3.8) is 0 Å². The van der Waals surface area contributed by atoms with Gasteiger partial charge in [0.05, 0.1) is 12.7 Å². The predicted molar refractivity (Wildman–Crippen MR) is 48.1 cm³/mol. The first kappa shape index (κ1) is 10.0. The van der Waals surface area contributed by atoms with Crippen molar-refractivity contribution < 1.29 is 23.4 Å². The number of nitrogens with two attached hydrogens (primary N) is 1. The third-order valence-corrected chi connectivity index (χ3v) is 2.10. The van der Waals surface area contributed by atoms with E-state index in [-0.39, 0.29) is 19.1 Å². The van der Waals surface area contributed by atoms with Gasteiger partial charge in [0.15, 0.2) is 23.1 Å². The first-order chi connectivity index (χ1) is 7.27. The second-order valence-electron chi connectivity index (χ2n) is 2.91. The van der Waals surface area contributed by atoms with E-state index in [0.29, 0.717) is 17.1 Å². The Labute approximate surface area is 85.4 Å². The van der Waals surface area contributed by atoms with Crippen molar-refractivity contribution in [2.75, 3.05) is 13.9 Å². The number of methoxy groups -OCH3 is 1. The maximum atomic E-state index is 13.5. The van der Waals surface area contributed by atoms with Gasteiger partial charge < -0.3 is 14.2 Å². The fourth-order valence-electron chi connectivity index (χ4n) is 1.49. The molecule has 0 saturated heterocycles. The molecule has 0 amide bonds. The van der Waals surface area contributed by atoms with Gasteiger partial charge in [-0.15, -0.1) is 0 Å². The van der Waals surface area contributed by atoms with E-state index < -0.39 is 5.82 Å². The van der Waals surface area contributed by atoms with Crippen LogP contribution in [0.15, 0.2) is 6.07 Å². The number of hydrogen-bond donors (Lipinski definition) is 1. The summed E-state index contributed by atoms with van der Waals surface area (Å²) in [5, 5.41) is 0. The third-order valence-electron chi connectivity index (χ3n) is 2.10. The molecule has 0 unspecified atom stereocenters. The maximum absolute atomic E-state index is 13.5. The Balaban J connectivity index is 2.55. The lowest BCUT2D eigenvalue weighted by molar-refractivity contribution is 0.117. The molecule has 1 aliphatic rings. The molecule has 1 aromatic rings. The monoisotopic (exact) mass is 215 g/mol. The van der Waals surface area contributed by atoms with E-state index in [1.165, 1.54) is 13.2 Å². The third kappa shape index (κ3) is 1.57. The fourth-order valence-corrected chi connectivity index (χ4v) is 1.49. The van der Waals surface area contributed by atoms with E-state index in [0.717, 1.165) is 0 Å². The zero-order valence-electron chi connectivity index (χ0n) is 8.08. The second kappa shape index (κ2) is 3.92. The summed E-state index contributed by atoms with van der Waals surface area (Å²) < 4.78 is 28.6. The van der Waals surface area contributed by atoms with Crippen molar-refractivity contribution in [3.05, 3.63) is 17.4 Å². The van der Waals surface area contributed by atoms with E-state index in [1.54, 1.807) is 0 Å². The quantitative estimate of drug-likeness (QED) is 0.760. The second-order valence-corrected chi connectivity index (χ2v) is 2.91. The molecular formula is C9H10FNO4. The van der Waals surface area contributed by atoms with Crippen LogP contribution in [0.2, 0.25) is 0 Å². The summed E-state index contributed by atoms with van der Waals surface area (Å²) in [6, 6.07) is 1.21. The highest BCUT2D eigenvalue weighted by Crippen LogP contribution is 2.42. The minimum atomic E-state index is -0.534. The fraction of sp³-hybridized carbons (Fsp3) is 0.333. The minimum Gasteiger partial charge on any atom is -0.493 e. The van der Waals surface area contributed by atoms with Crippen molar-refractivity contribution in [2.45, 2.75) is 6.61 Å². The molecule has 0 aliphatic carbocycles. The van der Waals surface area contributed by atoms with E-state index in [2.05, 4.69) is 4.84 Å². The summed E-state index contributed by atoms with van der Waals surface area (Å²) in [7, 11) is 1.36. The van der Waals surface area contributed by atoms with Crippen molar-refractivity contribution >= 4 is 0 Å². The SMILES string of the molecule is COc1c(F)cc2c(c1CON)OCO2. The van der Waals surface area contributed by atoms with Crippen LogP contribution in [0, 0.1) is 5.82 Å². The number of benzene rings is 1. The lowest BCUT2D eigenvalue weighted by Crippen LogP contribution is -2.04. The van der Waals surface area contributed by atoms with Gasteiger partial charge in [0.2, 0.25) is 6.79 Å². The molecule has 0 saturated carbocycles. The highest BCUT2D eigenvalue weighted by atomic mass is 19.1. The van der Waals surface area contributed by atoms with Crippen LogP contribution in [0.25, 0.3) is 0 Å².